The third kappa shape index (κ3) is 2.97. The molecule has 1 saturated carbocycles. The monoisotopic (exact) mass is 233 g/mol. The smallest absolute Gasteiger partial charge is 0.122 e. The molecule has 1 aromatic rings. The van der Waals surface area contributed by atoms with E-state index >= 15 is 0 Å². The minimum absolute atomic E-state index is 0.117. The van der Waals surface area contributed by atoms with Crippen LogP contribution in [0.15, 0.2) is 24.3 Å². The number of nitrogens with zero attached hydrogens (tertiary/aromatic N) is 1. The van der Waals surface area contributed by atoms with E-state index in [0.717, 1.165) is 18.7 Å². The topological polar surface area (TPSA) is 62.3 Å². The average molecular weight is 233 g/mol. The molecular formula is C13H19N3O. The first kappa shape index (κ1) is 11.9. The molecule has 1 aliphatic carbocycles. The first-order valence-corrected chi connectivity index (χ1v) is 5.92. The number of anilines is 1. The summed E-state index contributed by atoms with van der Waals surface area (Å²) in [5.41, 5.74) is 7.41. The summed E-state index contributed by atoms with van der Waals surface area (Å²) >= 11 is 0. The highest BCUT2D eigenvalue weighted by Gasteiger charge is 2.28. The molecule has 1 aromatic carbocycles. The Morgan fingerprint density at radius 1 is 1.41 bits per heavy atom. The van der Waals surface area contributed by atoms with Crippen LogP contribution in [0.4, 0.5) is 5.69 Å². The molecular weight excluding hydrogens is 214 g/mol. The van der Waals surface area contributed by atoms with Crippen molar-refractivity contribution in [3.05, 3.63) is 29.8 Å². The predicted octanol–water partition coefficient (Wildman–Crippen LogP) is 1.59. The number of hydrogen-bond donors (Lipinski definition) is 2. The molecule has 0 saturated heterocycles. The molecule has 0 aromatic heterocycles. The largest absolute Gasteiger partial charge is 0.384 e. The molecule has 17 heavy (non-hydrogen) atoms. The lowest BCUT2D eigenvalue weighted by atomic mass is 10.2. The van der Waals surface area contributed by atoms with Crippen molar-refractivity contribution in [2.45, 2.75) is 18.9 Å². The molecule has 0 bridgehead atoms. The zero-order valence-corrected chi connectivity index (χ0v) is 10.1. The van der Waals surface area contributed by atoms with Gasteiger partial charge in [0.15, 0.2) is 0 Å². The van der Waals surface area contributed by atoms with Gasteiger partial charge in [0.05, 0.1) is 6.61 Å². The van der Waals surface area contributed by atoms with E-state index in [-0.39, 0.29) is 5.84 Å². The summed E-state index contributed by atoms with van der Waals surface area (Å²) in [6.07, 6.45) is 2.52. The number of rotatable bonds is 6. The van der Waals surface area contributed by atoms with Crippen molar-refractivity contribution >= 4 is 11.5 Å². The number of methoxy groups -OCH3 is 1. The van der Waals surface area contributed by atoms with Crippen LogP contribution >= 0.6 is 0 Å². The molecule has 0 radical (unpaired) electrons. The van der Waals surface area contributed by atoms with Gasteiger partial charge in [-0.1, -0.05) is 0 Å². The summed E-state index contributed by atoms with van der Waals surface area (Å²) in [6, 6.07) is 8.53. The summed E-state index contributed by atoms with van der Waals surface area (Å²) in [4.78, 5) is 2.37. The van der Waals surface area contributed by atoms with Gasteiger partial charge in [-0.3, -0.25) is 5.41 Å². The lowest BCUT2D eigenvalue weighted by Gasteiger charge is -2.24. The quantitative estimate of drug-likeness (QED) is 0.579. The van der Waals surface area contributed by atoms with E-state index < -0.39 is 0 Å². The second-order valence-electron chi connectivity index (χ2n) is 4.38. The van der Waals surface area contributed by atoms with Crippen LogP contribution in [-0.4, -0.2) is 32.1 Å². The molecule has 0 aliphatic heterocycles. The standard InChI is InChI=1S/C13H19N3O/c1-17-9-8-16(12-6-7-12)11-4-2-10(3-5-11)13(14)15/h2-5,12H,6-9H2,1H3,(H3,14,15). The van der Waals surface area contributed by atoms with Crippen molar-refractivity contribution in [1.82, 2.24) is 0 Å². The van der Waals surface area contributed by atoms with Crippen LogP contribution in [0.25, 0.3) is 0 Å². The maximum absolute atomic E-state index is 7.37. The molecule has 0 heterocycles. The lowest BCUT2D eigenvalue weighted by Crippen LogP contribution is -2.29. The molecule has 0 unspecified atom stereocenters. The molecule has 92 valence electrons. The highest BCUT2D eigenvalue weighted by Crippen LogP contribution is 2.31. The highest BCUT2D eigenvalue weighted by molar-refractivity contribution is 5.95. The average Bonchev–Trinajstić information content (AvgIpc) is 3.14. The van der Waals surface area contributed by atoms with E-state index in [1.165, 1.54) is 18.5 Å². The normalized spacial score (nSPS) is 14.6. The second kappa shape index (κ2) is 5.19. The Labute approximate surface area is 102 Å². The van der Waals surface area contributed by atoms with Gasteiger partial charge in [0.1, 0.15) is 5.84 Å². The molecule has 2 rings (SSSR count). The van der Waals surface area contributed by atoms with Crippen LogP contribution in [-0.2, 0) is 4.74 Å². The third-order valence-corrected chi connectivity index (χ3v) is 3.03. The Kier molecular flexibility index (Phi) is 3.64. The first-order valence-electron chi connectivity index (χ1n) is 5.92. The number of nitrogens with one attached hydrogen (secondary N) is 1. The number of hydrogen-bond acceptors (Lipinski definition) is 3. The number of benzene rings is 1. The summed E-state index contributed by atoms with van der Waals surface area (Å²) in [7, 11) is 1.73. The summed E-state index contributed by atoms with van der Waals surface area (Å²) in [6.45, 7) is 1.66. The van der Waals surface area contributed by atoms with E-state index in [2.05, 4.69) is 4.90 Å². The maximum Gasteiger partial charge on any atom is 0.122 e. The molecule has 1 fully saturated rings. The Hall–Kier alpha value is -1.55. The Morgan fingerprint density at radius 2 is 2.06 bits per heavy atom. The van der Waals surface area contributed by atoms with Gasteiger partial charge in [0.25, 0.3) is 0 Å². The highest BCUT2D eigenvalue weighted by atomic mass is 16.5. The Bertz CT molecular complexity index is 384. The summed E-state index contributed by atoms with van der Waals surface area (Å²) in [5, 5.41) is 7.37. The van der Waals surface area contributed by atoms with Crippen LogP contribution in [0.3, 0.4) is 0 Å². The zero-order chi connectivity index (χ0) is 12.3. The van der Waals surface area contributed by atoms with Gasteiger partial charge in [-0.2, -0.15) is 0 Å². The van der Waals surface area contributed by atoms with Crippen LogP contribution in [0.2, 0.25) is 0 Å². The maximum atomic E-state index is 7.37. The lowest BCUT2D eigenvalue weighted by molar-refractivity contribution is 0.205. The van der Waals surface area contributed by atoms with Crippen molar-refractivity contribution < 1.29 is 4.74 Å². The number of ether oxygens (including phenoxy) is 1. The van der Waals surface area contributed by atoms with Gasteiger partial charge < -0.3 is 15.4 Å². The Balaban J connectivity index is 2.09. The van der Waals surface area contributed by atoms with Gasteiger partial charge in [-0.15, -0.1) is 0 Å². The van der Waals surface area contributed by atoms with Gasteiger partial charge in [0, 0.05) is 30.9 Å². The molecule has 0 amide bonds. The van der Waals surface area contributed by atoms with E-state index in [9.17, 15) is 0 Å². The van der Waals surface area contributed by atoms with Crippen LogP contribution < -0.4 is 10.6 Å². The fourth-order valence-electron chi connectivity index (χ4n) is 1.93. The molecule has 0 atom stereocenters. The summed E-state index contributed by atoms with van der Waals surface area (Å²) < 4.78 is 5.14. The zero-order valence-electron chi connectivity index (χ0n) is 10.1. The predicted molar refractivity (Wildman–Crippen MR) is 69.7 cm³/mol. The number of nitrogen functional groups attached to an aromatic ring is 1. The van der Waals surface area contributed by atoms with Gasteiger partial charge in [0.2, 0.25) is 0 Å². The molecule has 4 heteroatoms. The van der Waals surface area contributed by atoms with Crippen molar-refractivity contribution in [2.75, 3.05) is 25.2 Å². The number of amidine groups is 1. The summed E-state index contributed by atoms with van der Waals surface area (Å²) in [5.74, 6) is 0.117. The van der Waals surface area contributed by atoms with Gasteiger partial charge in [-0.05, 0) is 37.1 Å². The fraction of sp³-hybridized carbons (Fsp3) is 0.462. The first-order chi connectivity index (χ1) is 8.22. The van der Waals surface area contributed by atoms with Crippen molar-refractivity contribution in [2.24, 2.45) is 5.73 Å². The minimum atomic E-state index is 0.117. The molecule has 3 N–H and O–H groups in total. The molecule has 4 nitrogen and oxygen atoms in total. The van der Waals surface area contributed by atoms with Gasteiger partial charge in [-0.25, -0.2) is 0 Å². The SMILES string of the molecule is COCCN(c1ccc(C(=N)N)cc1)C1CC1. The van der Waals surface area contributed by atoms with E-state index in [1.54, 1.807) is 7.11 Å². The second-order valence-corrected chi connectivity index (χ2v) is 4.38. The molecule has 1 aliphatic rings. The van der Waals surface area contributed by atoms with Crippen molar-refractivity contribution in [1.29, 1.82) is 5.41 Å². The minimum Gasteiger partial charge on any atom is -0.384 e. The fourth-order valence-corrected chi connectivity index (χ4v) is 1.93. The molecule has 0 spiro atoms. The van der Waals surface area contributed by atoms with E-state index in [1.807, 2.05) is 24.3 Å². The van der Waals surface area contributed by atoms with Crippen molar-refractivity contribution in [3.63, 3.8) is 0 Å². The van der Waals surface area contributed by atoms with Crippen molar-refractivity contribution in [3.8, 4) is 0 Å². The third-order valence-electron chi connectivity index (χ3n) is 3.03. The number of nitrogens with two attached hydrogens (primary N) is 1. The Morgan fingerprint density at radius 3 is 2.53 bits per heavy atom. The van der Waals surface area contributed by atoms with E-state index in [4.69, 9.17) is 15.9 Å². The van der Waals surface area contributed by atoms with Gasteiger partial charge >= 0.3 is 0 Å². The van der Waals surface area contributed by atoms with Crippen LogP contribution in [0, 0.1) is 5.41 Å². The van der Waals surface area contributed by atoms with Crippen LogP contribution in [0.5, 0.6) is 0 Å². The van der Waals surface area contributed by atoms with E-state index in [0.29, 0.717) is 6.04 Å². The van der Waals surface area contributed by atoms with Crippen LogP contribution in [0.1, 0.15) is 18.4 Å².